The van der Waals surface area contributed by atoms with Gasteiger partial charge in [0.15, 0.2) is 0 Å². The van der Waals surface area contributed by atoms with Crippen LogP contribution in [-0.4, -0.2) is 32.7 Å². The van der Waals surface area contributed by atoms with Crippen LogP contribution in [0.5, 0.6) is 0 Å². The van der Waals surface area contributed by atoms with Crippen LogP contribution in [0.4, 0.5) is 11.5 Å². The summed E-state index contributed by atoms with van der Waals surface area (Å²) in [5.41, 5.74) is 9.38. The molecule has 4 nitrogen and oxygen atoms in total. The molecule has 1 aliphatic heterocycles. The average molecular weight is 207 g/mol. The van der Waals surface area contributed by atoms with Crippen molar-refractivity contribution >= 4 is 11.5 Å². The number of fused-ring (bicyclic) bond motifs is 1. The standard InChI is InChI=1S/C11H18N4/c1-14(2)11-6-9(12)8-7-15(3)5-4-10(8)13-11/h6H,4-5,7H2,1-3H3,(H2,12,13)/p+1. The van der Waals surface area contributed by atoms with E-state index in [1.54, 1.807) is 0 Å². The highest BCUT2D eigenvalue weighted by molar-refractivity contribution is 5.57. The third kappa shape index (κ3) is 1.90. The molecule has 1 aliphatic rings. The van der Waals surface area contributed by atoms with E-state index >= 15 is 0 Å². The van der Waals surface area contributed by atoms with E-state index < -0.39 is 0 Å². The van der Waals surface area contributed by atoms with Crippen molar-refractivity contribution in [1.82, 2.24) is 4.98 Å². The number of pyridine rings is 1. The third-order valence-corrected chi connectivity index (χ3v) is 2.96. The summed E-state index contributed by atoms with van der Waals surface area (Å²) in [6.45, 7) is 2.15. The van der Waals surface area contributed by atoms with E-state index in [1.807, 2.05) is 25.1 Å². The number of hydrogen-bond donors (Lipinski definition) is 2. The van der Waals surface area contributed by atoms with E-state index in [9.17, 15) is 0 Å². The molecule has 2 heterocycles. The topological polar surface area (TPSA) is 46.6 Å². The highest BCUT2D eigenvalue weighted by Crippen LogP contribution is 2.22. The maximum Gasteiger partial charge on any atom is 0.130 e. The van der Waals surface area contributed by atoms with Gasteiger partial charge in [-0.3, -0.25) is 0 Å². The van der Waals surface area contributed by atoms with E-state index in [1.165, 1.54) is 16.2 Å². The average Bonchev–Trinajstić information content (AvgIpc) is 2.18. The summed E-state index contributed by atoms with van der Waals surface area (Å²) < 4.78 is 0. The first-order valence-corrected chi connectivity index (χ1v) is 5.35. The van der Waals surface area contributed by atoms with Crippen molar-refractivity contribution in [3.05, 3.63) is 17.3 Å². The van der Waals surface area contributed by atoms with Gasteiger partial charge in [-0.05, 0) is 0 Å². The fourth-order valence-corrected chi connectivity index (χ4v) is 1.99. The minimum atomic E-state index is 0.891. The zero-order chi connectivity index (χ0) is 11.0. The highest BCUT2D eigenvalue weighted by atomic mass is 15.1. The number of nitrogens with two attached hydrogens (primary N) is 1. The molecule has 82 valence electrons. The Hall–Kier alpha value is -1.29. The summed E-state index contributed by atoms with van der Waals surface area (Å²) in [5.74, 6) is 0.964. The minimum Gasteiger partial charge on any atom is -0.398 e. The lowest BCUT2D eigenvalue weighted by Crippen LogP contribution is -3.08. The second-order valence-corrected chi connectivity index (χ2v) is 4.52. The molecule has 0 saturated carbocycles. The summed E-state index contributed by atoms with van der Waals surface area (Å²) >= 11 is 0. The van der Waals surface area contributed by atoms with Crippen LogP contribution >= 0.6 is 0 Å². The molecule has 0 saturated heterocycles. The van der Waals surface area contributed by atoms with Gasteiger partial charge in [0.05, 0.1) is 24.8 Å². The quantitative estimate of drug-likeness (QED) is 0.640. The number of hydrogen-bond acceptors (Lipinski definition) is 3. The van der Waals surface area contributed by atoms with Gasteiger partial charge < -0.3 is 15.5 Å². The van der Waals surface area contributed by atoms with Crippen LogP contribution in [0.25, 0.3) is 0 Å². The molecule has 0 aliphatic carbocycles. The molecule has 2 rings (SSSR count). The van der Waals surface area contributed by atoms with Gasteiger partial charge in [0, 0.05) is 32.3 Å². The van der Waals surface area contributed by atoms with E-state index in [4.69, 9.17) is 5.73 Å². The Bertz CT molecular complexity index is 373. The summed E-state index contributed by atoms with van der Waals surface area (Å²) in [6, 6.07) is 1.97. The van der Waals surface area contributed by atoms with Crippen LogP contribution in [0.3, 0.4) is 0 Å². The van der Waals surface area contributed by atoms with Gasteiger partial charge in [-0.1, -0.05) is 0 Å². The molecule has 1 atom stereocenters. The Labute approximate surface area is 90.7 Å². The Balaban J connectivity index is 2.43. The molecule has 4 heteroatoms. The van der Waals surface area contributed by atoms with Crippen LogP contribution < -0.4 is 15.5 Å². The second kappa shape index (κ2) is 3.70. The predicted molar refractivity (Wildman–Crippen MR) is 62.1 cm³/mol. The van der Waals surface area contributed by atoms with Gasteiger partial charge in [0.1, 0.15) is 12.4 Å². The van der Waals surface area contributed by atoms with Crippen molar-refractivity contribution in [2.24, 2.45) is 0 Å². The predicted octanol–water partition coefficient (Wildman–Crippen LogP) is -0.699. The van der Waals surface area contributed by atoms with Gasteiger partial charge >= 0.3 is 0 Å². The molecule has 0 amide bonds. The highest BCUT2D eigenvalue weighted by Gasteiger charge is 2.20. The first-order valence-electron chi connectivity index (χ1n) is 5.35. The lowest BCUT2D eigenvalue weighted by Gasteiger charge is -2.24. The zero-order valence-electron chi connectivity index (χ0n) is 9.67. The van der Waals surface area contributed by atoms with Gasteiger partial charge in [-0.2, -0.15) is 0 Å². The molecule has 0 aromatic carbocycles. The smallest absolute Gasteiger partial charge is 0.130 e. The van der Waals surface area contributed by atoms with Crippen LogP contribution in [0.1, 0.15) is 11.3 Å². The number of aromatic nitrogens is 1. The number of nitrogens with zero attached hydrogens (tertiary/aromatic N) is 2. The molecule has 0 bridgehead atoms. The Morgan fingerprint density at radius 3 is 2.87 bits per heavy atom. The monoisotopic (exact) mass is 207 g/mol. The van der Waals surface area contributed by atoms with E-state index in [0.29, 0.717) is 0 Å². The first kappa shape index (κ1) is 10.2. The third-order valence-electron chi connectivity index (χ3n) is 2.96. The molecule has 15 heavy (non-hydrogen) atoms. The fourth-order valence-electron chi connectivity index (χ4n) is 1.99. The van der Waals surface area contributed by atoms with Gasteiger partial charge in [-0.25, -0.2) is 4.98 Å². The number of nitrogens with one attached hydrogen (secondary N) is 1. The number of likely N-dealkylation sites (N-methyl/N-ethyl adjacent to an activating group) is 1. The van der Waals surface area contributed by atoms with Gasteiger partial charge in [0.2, 0.25) is 0 Å². The van der Waals surface area contributed by atoms with Crippen molar-refractivity contribution in [3.8, 4) is 0 Å². The van der Waals surface area contributed by atoms with Crippen LogP contribution in [0, 0.1) is 0 Å². The Kier molecular flexibility index (Phi) is 2.52. The summed E-state index contributed by atoms with van der Waals surface area (Å²) in [4.78, 5) is 8.15. The molecule has 1 aromatic heterocycles. The van der Waals surface area contributed by atoms with Crippen LogP contribution in [-0.2, 0) is 13.0 Å². The molecular formula is C11H19N4+. The van der Waals surface area contributed by atoms with E-state index in [-0.39, 0.29) is 0 Å². The van der Waals surface area contributed by atoms with Crippen LogP contribution in [0.2, 0.25) is 0 Å². The summed E-state index contributed by atoms with van der Waals surface area (Å²) in [6.07, 6.45) is 1.03. The number of anilines is 2. The molecule has 1 aromatic rings. The lowest BCUT2D eigenvalue weighted by molar-refractivity contribution is -0.895. The molecule has 0 radical (unpaired) electrons. The first-order chi connectivity index (χ1) is 7.08. The second-order valence-electron chi connectivity index (χ2n) is 4.52. The van der Waals surface area contributed by atoms with Crippen molar-refractivity contribution in [2.75, 3.05) is 38.3 Å². The Morgan fingerprint density at radius 2 is 2.20 bits per heavy atom. The molecule has 0 spiro atoms. The fraction of sp³-hybridized carbons (Fsp3) is 0.545. The zero-order valence-corrected chi connectivity index (χ0v) is 9.67. The van der Waals surface area contributed by atoms with Crippen molar-refractivity contribution < 1.29 is 4.90 Å². The maximum absolute atomic E-state index is 6.06. The molecular weight excluding hydrogens is 188 g/mol. The van der Waals surface area contributed by atoms with Crippen molar-refractivity contribution in [2.45, 2.75) is 13.0 Å². The van der Waals surface area contributed by atoms with Crippen molar-refractivity contribution in [1.29, 1.82) is 0 Å². The maximum atomic E-state index is 6.06. The van der Waals surface area contributed by atoms with Gasteiger partial charge in [0.25, 0.3) is 0 Å². The number of nitrogen functional groups attached to an aromatic ring is 1. The van der Waals surface area contributed by atoms with Crippen molar-refractivity contribution in [3.63, 3.8) is 0 Å². The van der Waals surface area contributed by atoms with Gasteiger partial charge in [-0.15, -0.1) is 0 Å². The summed E-state index contributed by atoms with van der Waals surface area (Å²) in [7, 11) is 6.19. The SMILES string of the molecule is CN(C)c1cc(N)c2c(n1)CC[NH+](C)C2. The van der Waals surface area contributed by atoms with E-state index in [2.05, 4.69) is 12.0 Å². The lowest BCUT2D eigenvalue weighted by atomic mass is 10.0. The Morgan fingerprint density at radius 1 is 1.47 bits per heavy atom. The molecule has 1 unspecified atom stereocenters. The number of quaternary nitrogens is 1. The normalized spacial score (nSPS) is 19.8. The van der Waals surface area contributed by atoms with E-state index in [0.717, 1.165) is 31.0 Å². The minimum absolute atomic E-state index is 0.891. The number of rotatable bonds is 1. The molecule has 3 N–H and O–H groups in total. The largest absolute Gasteiger partial charge is 0.398 e. The van der Waals surface area contributed by atoms with Crippen LogP contribution in [0.15, 0.2) is 6.07 Å². The molecule has 0 fully saturated rings. The summed E-state index contributed by atoms with van der Waals surface area (Å²) in [5, 5.41) is 0.